The molecular weight excluding hydrogens is 266 g/mol. The van der Waals surface area contributed by atoms with E-state index in [1.165, 1.54) is 6.42 Å². The van der Waals surface area contributed by atoms with E-state index in [4.69, 9.17) is 13.9 Å². The van der Waals surface area contributed by atoms with Crippen molar-refractivity contribution in [3.8, 4) is 0 Å². The third-order valence-corrected chi connectivity index (χ3v) is 4.84. The van der Waals surface area contributed by atoms with E-state index < -0.39 is 0 Å². The highest BCUT2D eigenvalue weighted by molar-refractivity contribution is 5.06. The quantitative estimate of drug-likeness (QED) is 0.836. The molecular formula is C17H27NO3. The lowest BCUT2D eigenvalue weighted by Crippen LogP contribution is -2.56. The zero-order valence-electron chi connectivity index (χ0n) is 13.3. The SMILES string of the molecule is CCOC[C@]12CCCO[C@H]1CCN(Cc1ccc(C)o1)C2. The van der Waals surface area contributed by atoms with Gasteiger partial charge in [-0.05, 0) is 45.2 Å². The molecule has 0 aliphatic carbocycles. The number of aryl methyl sites for hydroxylation is 1. The summed E-state index contributed by atoms with van der Waals surface area (Å²) < 4.78 is 17.6. The first-order chi connectivity index (χ1) is 10.2. The number of nitrogens with zero attached hydrogens (tertiary/aromatic N) is 1. The fraction of sp³-hybridized carbons (Fsp3) is 0.765. The zero-order valence-corrected chi connectivity index (χ0v) is 13.3. The number of rotatable bonds is 5. The Morgan fingerprint density at radius 3 is 3.10 bits per heavy atom. The van der Waals surface area contributed by atoms with Crippen LogP contribution in [0.5, 0.6) is 0 Å². The summed E-state index contributed by atoms with van der Waals surface area (Å²) in [5.74, 6) is 2.05. The van der Waals surface area contributed by atoms with E-state index in [1.807, 2.05) is 13.0 Å². The van der Waals surface area contributed by atoms with Gasteiger partial charge in [-0.3, -0.25) is 4.90 Å². The number of hydrogen-bond acceptors (Lipinski definition) is 4. The van der Waals surface area contributed by atoms with E-state index in [9.17, 15) is 0 Å². The molecule has 0 aromatic carbocycles. The highest BCUT2D eigenvalue weighted by atomic mass is 16.5. The molecule has 3 rings (SSSR count). The Bertz CT molecular complexity index is 459. The molecule has 0 radical (unpaired) electrons. The number of likely N-dealkylation sites (tertiary alicyclic amines) is 1. The van der Waals surface area contributed by atoms with Crippen LogP contribution >= 0.6 is 0 Å². The van der Waals surface area contributed by atoms with Crippen LogP contribution in [0, 0.1) is 12.3 Å². The second-order valence-electron chi connectivity index (χ2n) is 6.47. The van der Waals surface area contributed by atoms with Gasteiger partial charge in [0, 0.05) is 31.7 Å². The van der Waals surface area contributed by atoms with Crippen LogP contribution in [-0.4, -0.2) is 43.9 Å². The van der Waals surface area contributed by atoms with Crippen LogP contribution in [0.25, 0.3) is 0 Å². The Hall–Kier alpha value is -0.840. The molecule has 4 heteroatoms. The van der Waals surface area contributed by atoms with Gasteiger partial charge in [-0.15, -0.1) is 0 Å². The second kappa shape index (κ2) is 6.51. The zero-order chi connectivity index (χ0) is 14.7. The van der Waals surface area contributed by atoms with Gasteiger partial charge < -0.3 is 13.9 Å². The number of fused-ring (bicyclic) bond motifs is 1. The Kier molecular flexibility index (Phi) is 4.67. The standard InChI is InChI=1S/C17H27NO3/c1-3-19-13-17-8-4-10-20-16(17)7-9-18(12-17)11-15-6-5-14(2)21-15/h5-6,16H,3-4,7-13H2,1-2H3/t16-,17+/m0/s1. The van der Waals surface area contributed by atoms with Crippen LogP contribution in [-0.2, 0) is 16.0 Å². The molecule has 1 aromatic heterocycles. The topological polar surface area (TPSA) is 34.8 Å². The van der Waals surface area contributed by atoms with Crippen LogP contribution in [0.4, 0.5) is 0 Å². The largest absolute Gasteiger partial charge is 0.465 e. The average Bonchev–Trinajstić information content (AvgIpc) is 2.90. The van der Waals surface area contributed by atoms with Gasteiger partial charge in [0.2, 0.25) is 0 Å². The summed E-state index contributed by atoms with van der Waals surface area (Å²) in [6.07, 6.45) is 3.84. The van der Waals surface area contributed by atoms with Gasteiger partial charge in [-0.25, -0.2) is 0 Å². The molecule has 2 atom stereocenters. The molecule has 21 heavy (non-hydrogen) atoms. The third-order valence-electron chi connectivity index (χ3n) is 4.84. The lowest BCUT2D eigenvalue weighted by Gasteiger charge is -2.50. The van der Waals surface area contributed by atoms with Gasteiger partial charge in [-0.2, -0.15) is 0 Å². The van der Waals surface area contributed by atoms with Crippen molar-refractivity contribution in [1.82, 2.24) is 4.90 Å². The Morgan fingerprint density at radius 2 is 2.33 bits per heavy atom. The monoisotopic (exact) mass is 293 g/mol. The van der Waals surface area contributed by atoms with Crippen molar-refractivity contribution in [1.29, 1.82) is 0 Å². The predicted octanol–water partition coefficient (Wildman–Crippen LogP) is 3.00. The minimum atomic E-state index is 0.175. The first-order valence-electron chi connectivity index (χ1n) is 8.19. The van der Waals surface area contributed by atoms with Crippen molar-refractivity contribution in [2.45, 2.75) is 45.8 Å². The Morgan fingerprint density at radius 1 is 1.43 bits per heavy atom. The van der Waals surface area contributed by atoms with Crippen LogP contribution < -0.4 is 0 Å². The third kappa shape index (κ3) is 3.33. The van der Waals surface area contributed by atoms with Gasteiger partial charge >= 0.3 is 0 Å². The van der Waals surface area contributed by atoms with Gasteiger partial charge in [-0.1, -0.05) is 0 Å². The number of ether oxygens (including phenoxy) is 2. The normalized spacial score (nSPS) is 30.3. The minimum Gasteiger partial charge on any atom is -0.465 e. The van der Waals surface area contributed by atoms with Crippen LogP contribution in [0.1, 0.15) is 37.7 Å². The fourth-order valence-electron chi connectivity index (χ4n) is 3.82. The predicted molar refractivity (Wildman–Crippen MR) is 81.2 cm³/mol. The summed E-state index contributed by atoms with van der Waals surface area (Å²) in [6, 6.07) is 4.13. The van der Waals surface area contributed by atoms with Gasteiger partial charge in [0.1, 0.15) is 11.5 Å². The van der Waals surface area contributed by atoms with Crippen molar-refractivity contribution in [3.63, 3.8) is 0 Å². The summed E-state index contributed by atoms with van der Waals surface area (Å²) >= 11 is 0. The molecule has 4 nitrogen and oxygen atoms in total. The van der Waals surface area contributed by atoms with Gasteiger partial charge in [0.05, 0.1) is 19.3 Å². The van der Waals surface area contributed by atoms with Gasteiger partial charge in [0.15, 0.2) is 0 Å². The molecule has 0 spiro atoms. The molecule has 0 saturated carbocycles. The van der Waals surface area contributed by atoms with Crippen LogP contribution in [0.2, 0.25) is 0 Å². The summed E-state index contributed by atoms with van der Waals surface area (Å²) in [6.45, 7) is 9.62. The molecule has 0 bridgehead atoms. The van der Waals surface area contributed by atoms with Crippen molar-refractivity contribution >= 4 is 0 Å². The molecule has 2 aliphatic rings. The maximum absolute atomic E-state index is 6.05. The number of piperidine rings is 1. The molecule has 2 fully saturated rings. The lowest BCUT2D eigenvalue weighted by atomic mass is 9.73. The van der Waals surface area contributed by atoms with Crippen molar-refractivity contribution in [3.05, 3.63) is 23.7 Å². The second-order valence-corrected chi connectivity index (χ2v) is 6.47. The Balaban J connectivity index is 1.68. The van der Waals surface area contributed by atoms with E-state index in [0.29, 0.717) is 6.10 Å². The first kappa shape index (κ1) is 15.1. The smallest absolute Gasteiger partial charge is 0.118 e. The maximum Gasteiger partial charge on any atom is 0.118 e. The van der Waals surface area contributed by atoms with E-state index in [-0.39, 0.29) is 5.41 Å². The van der Waals surface area contributed by atoms with Crippen molar-refractivity contribution < 1.29 is 13.9 Å². The van der Waals surface area contributed by atoms with Crippen molar-refractivity contribution in [2.24, 2.45) is 5.41 Å². The molecule has 0 amide bonds. The summed E-state index contributed by atoms with van der Waals surface area (Å²) in [4.78, 5) is 2.50. The summed E-state index contributed by atoms with van der Waals surface area (Å²) in [5.41, 5.74) is 0.175. The highest BCUT2D eigenvalue weighted by Crippen LogP contribution is 2.40. The summed E-state index contributed by atoms with van der Waals surface area (Å²) in [7, 11) is 0. The van der Waals surface area contributed by atoms with E-state index in [1.54, 1.807) is 0 Å². The molecule has 2 aliphatic heterocycles. The molecule has 0 N–H and O–H groups in total. The van der Waals surface area contributed by atoms with Crippen molar-refractivity contribution in [2.75, 3.05) is 32.9 Å². The number of hydrogen-bond donors (Lipinski definition) is 0. The lowest BCUT2D eigenvalue weighted by molar-refractivity contribution is -0.153. The highest BCUT2D eigenvalue weighted by Gasteiger charge is 2.46. The molecule has 2 saturated heterocycles. The van der Waals surface area contributed by atoms with E-state index in [2.05, 4.69) is 17.9 Å². The average molecular weight is 293 g/mol. The number of furan rings is 1. The van der Waals surface area contributed by atoms with Crippen LogP contribution in [0.3, 0.4) is 0 Å². The van der Waals surface area contributed by atoms with Gasteiger partial charge in [0.25, 0.3) is 0 Å². The molecule has 3 heterocycles. The van der Waals surface area contributed by atoms with E-state index in [0.717, 1.165) is 63.8 Å². The fourth-order valence-corrected chi connectivity index (χ4v) is 3.82. The van der Waals surface area contributed by atoms with Crippen LogP contribution in [0.15, 0.2) is 16.5 Å². The molecule has 0 unspecified atom stereocenters. The maximum atomic E-state index is 6.05. The molecule has 118 valence electrons. The first-order valence-corrected chi connectivity index (χ1v) is 8.19. The minimum absolute atomic E-state index is 0.175. The Labute approximate surface area is 127 Å². The summed E-state index contributed by atoms with van der Waals surface area (Å²) in [5, 5.41) is 0. The van der Waals surface area contributed by atoms with E-state index >= 15 is 0 Å². The molecule has 1 aromatic rings.